The van der Waals surface area contributed by atoms with Crippen LogP contribution in [0.4, 0.5) is 14.9 Å². The molecule has 0 unspecified atom stereocenters. The number of amides is 2. The Morgan fingerprint density at radius 2 is 1.87 bits per heavy atom. The fourth-order valence-corrected chi connectivity index (χ4v) is 4.66. The smallest absolute Gasteiger partial charge is 0.410 e. The number of fused-ring (bicyclic) bond motifs is 1. The lowest BCUT2D eigenvalue weighted by atomic mass is 9.89. The molecule has 2 aromatic rings. The highest BCUT2D eigenvalue weighted by molar-refractivity contribution is 5.97. The number of methoxy groups -OCH3 is 1. The van der Waals surface area contributed by atoms with Crippen molar-refractivity contribution in [2.24, 2.45) is 0 Å². The second kappa shape index (κ2) is 10.8. The second-order valence-corrected chi connectivity index (χ2v) is 10.8. The van der Waals surface area contributed by atoms with Gasteiger partial charge in [-0.05, 0) is 63.4 Å². The molecule has 10 heteroatoms. The maximum Gasteiger partial charge on any atom is 0.410 e. The molecule has 0 spiro atoms. The third-order valence-electron chi connectivity index (χ3n) is 6.81. The molecule has 1 saturated heterocycles. The van der Waals surface area contributed by atoms with Crippen LogP contribution in [-0.4, -0.2) is 71.2 Å². The summed E-state index contributed by atoms with van der Waals surface area (Å²) in [7, 11) is 1.57. The Hall–Kier alpha value is -3.37. The highest BCUT2D eigenvalue weighted by Gasteiger charge is 2.44. The van der Waals surface area contributed by atoms with Gasteiger partial charge in [0.1, 0.15) is 41.2 Å². The maximum atomic E-state index is 15.1. The maximum absolute atomic E-state index is 15.1. The zero-order valence-electron chi connectivity index (χ0n) is 22.2. The van der Waals surface area contributed by atoms with E-state index in [0.717, 1.165) is 5.56 Å². The molecule has 0 saturated carbocycles. The Morgan fingerprint density at radius 1 is 1.16 bits per heavy atom. The van der Waals surface area contributed by atoms with E-state index in [1.807, 2.05) is 12.1 Å². The summed E-state index contributed by atoms with van der Waals surface area (Å²) in [6, 6.07) is 9.90. The summed E-state index contributed by atoms with van der Waals surface area (Å²) in [5, 5.41) is 21.8. The molecule has 2 heterocycles. The van der Waals surface area contributed by atoms with Gasteiger partial charge in [0.2, 0.25) is 5.91 Å². The lowest BCUT2D eigenvalue weighted by Crippen LogP contribution is -2.59. The Bertz CT molecular complexity index is 1180. The van der Waals surface area contributed by atoms with Crippen LogP contribution in [0, 0.1) is 5.82 Å². The fraction of sp³-hybridized carbons (Fsp3) is 0.500. The van der Waals surface area contributed by atoms with Gasteiger partial charge in [0.15, 0.2) is 0 Å². The quantitative estimate of drug-likeness (QED) is 0.589. The van der Waals surface area contributed by atoms with E-state index in [0.29, 0.717) is 17.1 Å². The minimum absolute atomic E-state index is 0.0683. The normalized spacial score (nSPS) is 21.7. The van der Waals surface area contributed by atoms with Crippen LogP contribution in [0.5, 0.6) is 11.5 Å². The first-order valence-corrected chi connectivity index (χ1v) is 12.7. The largest absolute Gasteiger partial charge is 0.497 e. The standard InChI is InChI=1S/C28H35FN2O7/c1-27(2,3)38-26(34)30-14-13-28(35,23(32)16-30)17-37-22-11-10-21(29)25-20(22)9-12-24(33)31(25)15-18-5-7-19(36-4)8-6-18/h5-8,10-11,23,32,35H,9,12-17H2,1-4H3/t23-,28+/m1/s1. The van der Waals surface area contributed by atoms with Gasteiger partial charge in [-0.2, -0.15) is 0 Å². The lowest BCUT2D eigenvalue weighted by Gasteiger charge is -2.42. The Labute approximate surface area is 221 Å². The number of likely N-dealkylation sites (tertiary alicyclic amines) is 1. The molecule has 2 aliphatic heterocycles. The van der Waals surface area contributed by atoms with Gasteiger partial charge in [-0.1, -0.05) is 12.1 Å². The zero-order valence-corrected chi connectivity index (χ0v) is 22.2. The number of piperidine rings is 1. The minimum Gasteiger partial charge on any atom is -0.497 e. The van der Waals surface area contributed by atoms with E-state index >= 15 is 4.39 Å². The topological polar surface area (TPSA) is 109 Å². The molecular formula is C28H35FN2O7. The average molecular weight is 531 g/mol. The number of nitrogens with zero attached hydrogens (tertiary/aromatic N) is 2. The monoisotopic (exact) mass is 530 g/mol. The van der Waals surface area contributed by atoms with E-state index in [2.05, 4.69) is 0 Å². The summed E-state index contributed by atoms with van der Waals surface area (Å²) in [4.78, 5) is 27.9. The molecule has 206 valence electrons. The van der Waals surface area contributed by atoms with Crippen LogP contribution in [0.25, 0.3) is 0 Å². The summed E-state index contributed by atoms with van der Waals surface area (Å²) in [6.07, 6.45) is -1.30. The summed E-state index contributed by atoms with van der Waals surface area (Å²) < 4.78 is 31.5. The van der Waals surface area contributed by atoms with Crippen LogP contribution in [-0.2, 0) is 22.5 Å². The number of benzene rings is 2. The summed E-state index contributed by atoms with van der Waals surface area (Å²) in [5.74, 6) is 0.271. The number of carbonyl (C=O) groups excluding carboxylic acids is 2. The molecule has 2 atom stereocenters. The summed E-state index contributed by atoms with van der Waals surface area (Å²) in [6.45, 7) is 5.25. The van der Waals surface area contributed by atoms with Crippen LogP contribution < -0.4 is 14.4 Å². The first kappa shape index (κ1) is 27.7. The molecule has 0 aliphatic carbocycles. The molecule has 1 fully saturated rings. The molecule has 0 radical (unpaired) electrons. The highest BCUT2D eigenvalue weighted by atomic mass is 19.1. The van der Waals surface area contributed by atoms with Crippen LogP contribution in [0.15, 0.2) is 36.4 Å². The third kappa shape index (κ3) is 6.02. The number of hydrogen-bond acceptors (Lipinski definition) is 7. The lowest BCUT2D eigenvalue weighted by molar-refractivity contribution is -0.135. The SMILES string of the molecule is COc1ccc(CN2C(=O)CCc3c(OC[C@@]4(O)CCN(C(=O)OC(C)(C)C)C[C@H]4O)ccc(F)c32)cc1. The summed E-state index contributed by atoms with van der Waals surface area (Å²) >= 11 is 0. The fourth-order valence-electron chi connectivity index (χ4n) is 4.66. The number of β-amino-alcohol motifs (C(OH)–C–C–N with tert-alkyl or cyclic N) is 1. The van der Waals surface area contributed by atoms with Gasteiger partial charge in [-0.25, -0.2) is 9.18 Å². The van der Waals surface area contributed by atoms with Crippen LogP contribution in [0.2, 0.25) is 0 Å². The van der Waals surface area contributed by atoms with E-state index in [-0.39, 0.29) is 57.1 Å². The minimum atomic E-state index is -1.62. The molecule has 2 amide bonds. The van der Waals surface area contributed by atoms with Crippen LogP contribution in [0.3, 0.4) is 0 Å². The number of ether oxygens (including phenoxy) is 3. The van der Waals surface area contributed by atoms with Crippen molar-refractivity contribution in [1.29, 1.82) is 0 Å². The van der Waals surface area contributed by atoms with Gasteiger partial charge in [-0.15, -0.1) is 0 Å². The van der Waals surface area contributed by atoms with E-state index in [1.54, 1.807) is 40.0 Å². The first-order chi connectivity index (χ1) is 17.9. The molecule has 2 aromatic carbocycles. The van der Waals surface area contributed by atoms with E-state index in [4.69, 9.17) is 14.2 Å². The number of aliphatic hydroxyl groups excluding tert-OH is 1. The van der Waals surface area contributed by atoms with Crippen molar-refractivity contribution in [2.75, 3.05) is 31.7 Å². The van der Waals surface area contributed by atoms with Gasteiger partial charge >= 0.3 is 6.09 Å². The second-order valence-electron chi connectivity index (χ2n) is 10.8. The van der Waals surface area contributed by atoms with Crippen molar-refractivity contribution in [3.8, 4) is 11.5 Å². The molecule has 2 N–H and O–H groups in total. The molecule has 0 bridgehead atoms. The van der Waals surface area contributed by atoms with Crippen LogP contribution >= 0.6 is 0 Å². The van der Waals surface area contributed by atoms with Gasteiger partial charge in [0, 0.05) is 18.5 Å². The van der Waals surface area contributed by atoms with Crippen molar-refractivity contribution in [2.45, 2.75) is 63.9 Å². The van der Waals surface area contributed by atoms with Gasteiger partial charge in [0.25, 0.3) is 0 Å². The van der Waals surface area contributed by atoms with E-state index in [1.165, 1.54) is 21.9 Å². The number of aliphatic hydroxyl groups is 2. The third-order valence-corrected chi connectivity index (χ3v) is 6.81. The van der Waals surface area contributed by atoms with Crippen molar-refractivity contribution < 1.29 is 38.4 Å². The first-order valence-electron chi connectivity index (χ1n) is 12.7. The Balaban J connectivity index is 1.48. The van der Waals surface area contributed by atoms with Crippen molar-refractivity contribution in [1.82, 2.24) is 4.90 Å². The molecule has 4 rings (SSSR count). The van der Waals surface area contributed by atoms with Gasteiger partial charge in [0.05, 0.1) is 25.9 Å². The average Bonchev–Trinajstić information content (AvgIpc) is 2.86. The Morgan fingerprint density at radius 3 is 2.50 bits per heavy atom. The molecule has 0 aromatic heterocycles. The molecule has 2 aliphatic rings. The Kier molecular flexibility index (Phi) is 7.85. The number of hydrogen-bond donors (Lipinski definition) is 2. The van der Waals surface area contributed by atoms with Crippen molar-refractivity contribution in [3.63, 3.8) is 0 Å². The molecule has 9 nitrogen and oxygen atoms in total. The number of halogens is 1. The van der Waals surface area contributed by atoms with Gasteiger partial charge in [-0.3, -0.25) is 4.79 Å². The van der Waals surface area contributed by atoms with Gasteiger partial charge < -0.3 is 34.2 Å². The van der Waals surface area contributed by atoms with Crippen LogP contribution in [0.1, 0.15) is 44.7 Å². The predicted octanol–water partition coefficient (Wildman–Crippen LogP) is 3.43. The number of carbonyl (C=O) groups is 2. The van der Waals surface area contributed by atoms with Crippen molar-refractivity contribution >= 4 is 17.7 Å². The number of rotatable bonds is 6. The predicted molar refractivity (Wildman–Crippen MR) is 138 cm³/mol. The molecular weight excluding hydrogens is 495 g/mol. The molecule has 38 heavy (non-hydrogen) atoms. The highest BCUT2D eigenvalue weighted by Crippen LogP contribution is 2.39. The van der Waals surface area contributed by atoms with E-state index < -0.39 is 29.2 Å². The van der Waals surface area contributed by atoms with Crippen molar-refractivity contribution in [3.05, 3.63) is 53.3 Å². The summed E-state index contributed by atoms with van der Waals surface area (Å²) in [5.41, 5.74) is -0.799. The van der Waals surface area contributed by atoms with E-state index in [9.17, 15) is 19.8 Å². The zero-order chi connectivity index (χ0) is 27.7. The number of anilines is 1.